The molecule has 2 atom stereocenters. The van der Waals surface area contributed by atoms with Crippen molar-refractivity contribution in [3.63, 3.8) is 0 Å². The highest BCUT2D eigenvalue weighted by molar-refractivity contribution is 4.83. The molecular weight excluding hydrogens is 148 g/mol. The van der Waals surface area contributed by atoms with Gasteiger partial charge in [-0.25, -0.2) is 0 Å². The van der Waals surface area contributed by atoms with Crippen molar-refractivity contribution < 1.29 is 4.74 Å². The lowest BCUT2D eigenvalue weighted by molar-refractivity contribution is 0.351. The summed E-state index contributed by atoms with van der Waals surface area (Å²) in [5.74, 6) is 0. The molecule has 0 saturated carbocycles. The standard InChI is InChI=1S/C11H22O/c1-3-5-6-7-9-11-10(12-11)8-4-2/h10-11H,3-9H2,1-2H3/t10-,11+/m1/s1. The molecule has 0 amide bonds. The maximum atomic E-state index is 5.54. The Bertz CT molecular complexity index is 112. The molecule has 0 aromatic carbocycles. The maximum Gasteiger partial charge on any atom is 0.0841 e. The minimum Gasteiger partial charge on any atom is -0.370 e. The molecule has 0 N–H and O–H groups in total. The summed E-state index contributed by atoms with van der Waals surface area (Å²) >= 11 is 0. The Balaban J connectivity index is 1.83. The summed E-state index contributed by atoms with van der Waals surface area (Å²) in [4.78, 5) is 0. The van der Waals surface area contributed by atoms with E-state index in [0.717, 1.165) is 0 Å². The van der Waals surface area contributed by atoms with E-state index in [1.165, 1.54) is 44.9 Å². The molecule has 0 radical (unpaired) electrons. The number of ether oxygens (including phenoxy) is 1. The Kier molecular flexibility index (Phi) is 4.67. The van der Waals surface area contributed by atoms with Crippen LogP contribution in [-0.4, -0.2) is 12.2 Å². The van der Waals surface area contributed by atoms with Gasteiger partial charge in [0, 0.05) is 0 Å². The average Bonchev–Trinajstić information content (AvgIpc) is 2.79. The lowest BCUT2D eigenvalue weighted by Crippen LogP contribution is -1.93. The van der Waals surface area contributed by atoms with Gasteiger partial charge in [-0.1, -0.05) is 46.0 Å². The first kappa shape index (κ1) is 10.0. The summed E-state index contributed by atoms with van der Waals surface area (Å²) in [5, 5.41) is 0. The molecule has 0 aromatic heterocycles. The van der Waals surface area contributed by atoms with E-state index in [1.54, 1.807) is 0 Å². The second kappa shape index (κ2) is 5.58. The molecule has 0 aliphatic carbocycles. The highest BCUT2D eigenvalue weighted by atomic mass is 16.6. The predicted octanol–water partition coefficient (Wildman–Crippen LogP) is 3.52. The lowest BCUT2D eigenvalue weighted by Gasteiger charge is -1.95. The highest BCUT2D eigenvalue weighted by Gasteiger charge is 2.36. The van der Waals surface area contributed by atoms with Crippen molar-refractivity contribution in [3.05, 3.63) is 0 Å². The lowest BCUT2D eigenvalue weighted by atomic mass is 10.1. The predicted molar refractivity (Wildman–Crippen MR) is 52.3 cm³/mol. The van der Waals surface area contributed by atoms with Gasteiger partial charge in [0.05, 0.1) is 12.2 Å². The summed E-state index contributed by atoms with van der Waals surface area (Å²) < 4.78 is 5.54. The first-order valence-electron chi connectivity index (χ1n) is 5.54. The van der Waals surface area contributed by atoms with Crippen LogP contribution in [0.15, 0.2) is 0 Å². The zero-order chi connectivity index (χ0) is 8.81. The maximum absolute atomic E-state index is 5.54. The molecule has 1 nitrogen and oxygen atoms in total. The van der Waals surface area contributed by atoms with Crippen LogP contribution in [0.25, 0.3) is 0 Å². The van der Waals surface area contributed by atoms with Gasteiger partial charge in [0.2, 0.25) is 0 Å². The third-order valence-electron chi connectivity index (χ3n) is 2.60. The topological polar surface area (TPSA) is 12.5 Å². The number of unbranched alkanes of at least 4 members (excludes halogenated alkanes) is 3. The van der Waals surface area contributed by atoms with Crippen molar-refractivity contribution >= 4 is 0 Å². The smallest absolute Gasteiger partial charge is 0.0841 e. The number of hydrogen-bond donors (Lipinski definition) is 0. The molecule has 1 fully saturated rings. The van der Waals surface area contributed by atoms with Crippen LogP contribution in [0, 0.1) is 0 Å². The van der Waals surface area contributed by atoms with Gasteiger partial charge >= 0.3 is 0 Å². The molecule has 1 heterocycles. The molecule has 1 aliphatic heterocycles. The van der Waals surface area contributed by atoms with Gasteiger partial charge in [-0.15, -0.1) is 0 Å². The van der Waals surface area contributed by atoms with Gasteiger partial charge in [0.15, 0.2) is 0 Å². The minimum absolute atomic E-state index is 0.636. The highest BCUT2D eigenvalue weighted by Crippen LogP contribution is 2.30. The molecule has 1 aliphatic rings. The van der Waals surface area contributed by atoms with Crippen molar-refractivity contribution in [2.24, 2.45) is 0 Å². The Hall–Kier alpha value is -0.0400. The molecule has 1 rings (SSSR count). The fraction of sp³-hybridized carbons (Fsp3) is 1.00. The Morgan fingerprint density at radius 3 is 2.25 bits per heavy atom. The molecule has 1 heteroatoms. The van der Waals surface area contributed by atoms with Crippen molar-refractivity contribution in [2.75, 3.05) is 0 Å². The van der Waals surface area contributed by atoms with Gasteiger partial charge in [-0.2, -0.15) is 0 Å². The van der Waals surface area contributed by atoms with E-state index in [1.807, 2.05) is 0 Å². The molecule has 72 valence electrons. The van der Waals surface area contributed by atoms with E-state index in [-0.39, 0.29) is 0 Å². The first-order chi connectivity index (χ1) is 5.88. The largest absolute Gasteiger partial charge is 0.370 e. The molecule has 0 aromatic rings. The monoisotopic (exact) mass is 170 g/mol. The van der Waals surface area contributed by atoms with E-state index in [9.17, 15) is 0 Å². The minimum atomic E-state index is 0.636. The number of rotatable bonds is 7. The fourth-order valence-corrected chi connectivity index (χ4v) is 1.74. The van der Waals surface area contributed by atoms with Crippen LogP contribution >= 0.6 is 0 Å². The molecule has 12 heavy (non-hydrogen) atoms. The van der Waals surface area contributed by atoms with Crippen molar-refractivity contribution in [1.29, 1.82) is 0 Å². The molecule has 0 spiro atoms. The third-order valence-corrected chi connectivity index (χ3v) is 2.60. The van der Waals surface area contributed by atoms with Crippen molar-refractivity contribution in [3.8, 4) is 0 Å². The van der Waals surface area contributed by atoms with E-state index >= 15 is 0 Å². The summed E-state index contributed by atoms with van der Waals surface area (Å²) in [6, 6.07) is 0. The van der Waals surface area contributed by atoms with Crippen LogP contribution in [-0.2, 0) is 4.74 Å². The van der Waals surface area contributed by atoms with Gasteiger partial charge in [-0.3, -0.25) is 0 Å². The van der Waals surface area contributed by atoms with Crippen LogP contribution in [0.4, 0.5) is 0 Å². The van der Waals surface area contributed by atoms with Gasteiger partial charge in [0.25, 0.3) is 0 Å². The van der Waals surface area contributed by atoms with Crippen LogP contribution < -0.4 is 0 Å². The van der Waals surface area contributed by atoms with E-state index in [4.69, 9.17) is 4.74 Å². The molecular formula is C11H22O. The van der Waals surface area contributed by atoms with Crippen LogP contribution in [0.5, 0.6) is 0 Å². The molecule has 1 saturated heterocycles. The normalized spacial score (nSPS) is 27.5. The summed E-state index contributed by atoms with van der Waals surface area (Å²) in [6.45, 7) is 4.49. The van der Waals surface area contributed by atoms with Gasteiger partial charge in [0.1, 0.15) is 0 Å². The first-order valence-corrected chi connectivity index (χ1v) is 5.54. The quantitative estimate of drug-likeness (QED) is 0.420. The van der Waals surface area contributed by atoms with Crippen LogP contribution in [0.3, 0.4) is 0 Å². The third kappa shape index (κ3) is 3.57. The van der Waals surface area contributed by atoms with Crippen molar-refractivity contribution in [1.82, 2.24) is 0 Å². The van der Waals surface area contributed by atoms with E-state index < -0.39 is 0 Å². The number of hydrogen-bond acceptors (Lipinski definition) is 1. The summed E-state index contributed by atoms with van der Waals surface area (Å²) in [6.07, 6.45) is 10.6. The SMILES string of the molecule is CCCCCC[C@@H]1O[C@@H]1CCC. The molecule has 0 unspecified atom stereocenters. The zero-order valence-electron chi connectivity index (χ0n) is 8.51. The van der Waals surface area contributed by atoms with E-state index in [2.05, 4.69) is 13.8 Å². The Labute approximate surface area is 76.5 Å². The fourth-order valence-electron chi connectivity index (χ4n) is 1.74. The second-order valence-corrected chi connectivity index (χ2v) is 3.85. The average molecular weight is 170 g/mol. The summed E-state index contributed by atoms with van der Waals surface area (Å²) in [7, 11) is 0. The van der Waals surface area contributed by atoms with E-state index in [0.29, 0.717) is 12.2 Å². The second-order valence-electron chi connectivity index (χ2n) is 3.85. The van der Waals surface area contributed by atoms with Crippen molar-refractivity contribution in [2.45, 2.75) is 71.0 Å². The Morgan fingerprint density at radius 1 is 0.833 bits per heavy atom. The zero-order valence-corrected chi connectivity index (χ0v) is 8.51. The van der Waals surface area contributed by atoms with Crippen LogP contribution in [0.1, 0.15) is 58.8 Å². The Morgan fingerprint density at radius 2 is 1.58 bits per heavy atom. The van der Waals surface area contributed by atoms with Gasteiger partial charge in [-0.05, 0) is 12.8 Å². The van der Waals surface area contributed by atoms with Crippen LogP contribution in [0.2, 0.25) is 0 Å². The summed E-state index contributed by atoms with van der Waals surface area (Å²) in [5.41, 5.74) is 0. The van der Waals surface area contributed by atoms with Gasteiger partial charge < -0.3 is 4.74 Å². The number of epoxide rings is 1. The molecule has 0 bridgehead atoms.